The van der Waals surface area contributed by atoms with Crippen molar-refractivity contribution in [2.75, 3.05) is 65.4 Å². The van der Waals surface area contributed by atoms with Gasteiger partial charge in [-0.2, -0.15) is 0 Å². The lowest BCUT2D eigenvalue weighted by Crippen LogP contribution is -2.47. The maximum atomic E-state index is 12.7. The molecule has 2 rings (SSSR count). The summed E-state index contributed by atoms with van der Waals surface area (Å²) in [7, 11) is 5.53. The molecule has 1 aromatic carbocycles. The van der Waals surface area contributed by atoms with Gasteiger partial charge in [0.05, 0.1) is 6.54 Å². The number of hydrogen-bond donors (Lipinski definition) is 2. The third-order valence-corrected chi connectivity index (χ3v) is 4.72. The lowest BCUT2D eigenvalue weighted by atomic mass is 10.0. The molecule has 0 saturated carbocycles. The highest BCUT2D eigenvalue weighted by Crippen LogP contribution is 2.26. The van der Waals surface area contributed by atoms with Crippen LogP contribution in [0.4, 0.5) is 5.69 Å². The van der Waals surface area contributed by atoms with Gasteiger partial charge in [-0.1, -0.05) is 18.2 Å². The van der Waals surface area contributed by atoms with Crippen LogP contribution in [0.5, 0.6) is 0 Å². The van der Waals surface area contributed by atoms with Crippen molar-refractivity contribution in [3.63, 3.8) is 0 Å². The molecule has 1 heterocycles. The third kappa shape index (κ3) is 6.84. The van der Waals surface area contributed by atoms with E-state index in [1.807, 2.05) is 23.1 Å². The first-order valence-electron chi connectivity index (χ1n) is 9.66. The van der Waals surface area contributed by atoms with Crippen molar-refractivity contribution in [2.45, 2.75) is 19.3 Å². The number of carbonyl (C=O) groups is 1. The van der Waals surface area contributed by atoms with Gasteiger partial charge in [0.1, 0.15) is 0 Å². The smallest absolute Gasteiger partial charge is 0.246 e. The first-order chi connectivity index (χ1) is 13.2. The van der Waals surface area contributed by atoms with Crippen LogP contribution in [-0.4, -0.2) is 77.3 Å². The Kier molecular flexibility index (Phi) is 9.07. The van der Waals surface area contributed by atoms with E-state index in [9.17, 15) is 4.79 Å². The number of nitrogens with zero attached hydrogens (tertiary/aromatic N) is 3. The number of benzene rings is 1. The molecular formula is C20H33N5O2. The van der Waals surface area contributed by atoms with Gasteiger partial charge in [0.15, 0.2) is 5.96 Å². The summed E-state index contributed by atoms with van der Waals surface area (Å²) in [6.07, 6.45) is 3.06. The second-order valence-corrected chi connectivity index (χ2v) is 6.78. The zero-order chi connectivity index (χ0) is 19.5. The molecule has 1 aromatic rings. The first-order valence-corrected chi connectivity index (χ1v) is 9.66. The molecule has 2 N–H and O–H groups in total. The third-order valence-electron chi connectivity index (χ3n) is 4.72. The number of rotatable bonds is 9. The van der Waals surface area contributed by atoms with Gasteiger partial charge in [-0.15, -0.1) is 0 Å². The summed E-state index contributed by atoms with van der Waals surface area (Å²) in [5.74, 6) is 0.723. The van der Waals surface area contributed by atoms with Crippen molar-refractivity contribution in [3.05, 3.63) is 29.8 Å². The molecule has 7 heteroatoms. The van der Waals surface area contributed by atoms with Crippen LogP contribution in [0.15, 0.2) is 29.3 Å². The number of ether oxygens (including phenoxy) is 1. The fourth-order valence-electron chi connectivity index (χ4n) is 3.22. The lowest BCUT2D eigenvalue weighted by Gasteiger charge is -2.29. The van der Waals surface area contributed by atoms with Crippen molar-refractivity contribution in [3.8, 4) is 0 Å². The quantitative estimate of drug-likeness (QED) is 0.384. The molecule has 0 atom stereocenters. The molecular weight excluding hydrogens is 342 g/mol. The topological polar surface area (TPSA) is 69.2 Å². The average Bonchev–Trinajstić information content (AvgIpc) is 2.70. The van der Waals surface area contributed by atoms with E-state index >= 15 is 0 Å². The summed E-state index contributed by atoms with van der Waals surface area (Å²) in [6.45, 7) is 4.45. The van der Waals surface area contributed by atoms with Gasteiger partial charge in [-0.05, 0) is 37.9 Å². The number of carbonyl (C=O) groups excluding carboxylic acids is 1. The van der Waals surface area contributed by atoms with E-state index in [0.717, 1.165) is 57.7 Å². The van der Waals surface area contributed by atoms with Gasteiger partial charge >= 0.3 is 0 Å². The Morgan fingerprint density at radius 2 is 2.11 bits per heavy atom. The standard InChI is InChI=1S/C20H33N5O2/c1-21-20(22-11-14-24(2)12-7-15-27-3)23-16-19(26)25-13-6-9-17-8-4-5-10-18(17)25/h4-5,8,10H,6-7,9,11-16H2,1-3H3,(H2,21,22,23). The Balaban J connectivity index is 1.74. The molecule has 150 valence electrons. The molecule has 1 amide bonds. The highest BCUT2D eigenvalue weighted by molar-refractivity contribution is 5.98. The number of aryl methyl sites for hydroxylation is 1. The van der Waals surface area contributed by atoms with Crippen molar-refractivity contribution in [1.29, 1.82) is 0 Å². The normalized spacial score (nSPS) is 14.2. The van der Waals surface area contributed by atoms with Gasteiger partial charge < -0.3 is 25.2 Å². The molecule has 1 aliphatic heterocycles. The molecule has 0 aromatic heterocycles. The highest BCUT2D eigenvalue weighted by atomic mass is 16.5. The van der Waals surface area contributed by atoms with Gasteiger partial charge in [0.25, 0.3) is 0 Å². The molecule has 27 heavy (non-hydrogen) atoms. The number of aliphatic imine (C=N–C) groups is 1. The summed E-state index contributed by atoms with van der Waals surface area (Å²) in [4.78, 5) is 21.0. The van der Waals surface area contributed by atoms with Gasteiger partial charge in [0, 0.05) is 52.6 Å². The highest BCUT2D eigenvalue weighted by Gasteiger charge is 2.21. The van der Waals surface area contributed by atoms with Crippen LogP contribution in [0.2, 0.25) is 0 Å². The van der Waals surface area contributed by atoms with E-state index in [-0.39, 0.29) is 12.5 Å². The minimum atomic E-state index is 0.0711. The zero-order valence-corrected chi connectivity index (χ0v) is 16.8. The second kappa shape index (κ2) is 11.6. The largest absolute Gasteiger partial charge is 0.385 e. The summed E-state index contributed by atoms with van der Waals surface area (Å²) < 4.78 is 5.07. The van der Waals surface area contributed by atoms with Gasteiger partial charge in [-0.25, -0.2) is 0 Å². The predicted octanol–water partition coefficient (Wildman–Crippen LogP) is 1.10. The molecule has 0 bridgehead atoms. The fourth-order valence-corrected chi connectivity index (χ4v) is 3.22. The summed E-state index contributed by atoms with van der Waals surface area (Å²) in [5, 5.41) is 6.40. The molecule has 0 fully saturated rings. The van der Waals surface area contributed by atoms with Crippen LogP contribution < -0.4 is 15.5 Å². The van der Waals surface area contributed by atoms with Crippen molar-refractivity contribution in [1.82, 2.24) is 15.5 Å². The minimum Gasteiger partial charge on any atom is -0.385 e. The van der Waals surface area contributed by atoms with Crippen molar-refractivity contribution in [2.24, 2.45) is 4.99 Å². The first kappa shape index (κ1) is 21.2. The molecule has 0 spiro atoms. The SMILES string of the molecule is CN=C(NCCN(C)CCCOC)NCC(=O)N1CCCc2ccccc21. The monoisotopic (exact) mass is 375 g/mol. The van der Waals surface area contributed by atoms with Gasteiger partial charge in [0.2, 0.25) is 5.91 Å². The summed E-state index contributed by atoms with van der Waals surface area (Å²) in [5.41, 5.74) is 2.28. The Bertz CT molecular complexity index is 620. The zero-order valence-electron chi connectivity index (χ0n) is 16.8. The van der Waals surface area contributed by atoms with Crippen LogP contribution >= 0.6 is 0 Å². The maximum absolute atomic E-state index is 12.7. The molecule has 0 radical (unpaired) electrons. The average molecular weight is 376 g/mol. The summed E-state index contributed by atoms with van der Waals surface area (Å²) >= 11 is 0. The number of methoxy groups -OCH3 is 1. The van der Waals surface area contributed by atoms with Gasteiger partial charge in [-0.3, -0.25) is 9.79 Å². The molecule has 1 aliphatic rings. The van der Waals surface area contributed by atoms with E-state index < -0.39 is 0 Å². The van der Waals surface area contributed by atoms with Crippen LogP contribution in [-0.2, 0) is 16.0 Å². The van der Waals surface area contributed by atoms with Crippen molar-refractivity contribution >= 4 is 17.6 Å². The van der Waals surface area contributed by atoms with E-state index in [2.05, 4.69) is 33.6 Å². The van der Waals surface area contributed by atoms with Crippen LogP contribution in [0.25, 0.3) is 0 Å². The van der Waals surface area contributed by atoms with Crippen LogP contribution in [0.3, 0.4) is 0 Å². The molecule has 0 aliphatic carbocycles. The van der Waals surface area contributed by atoms with Crippen LogP contribution in [0, 0.1) is 0 Å². The Labute approximate surface area is 162 Å². The second-order valence-electron chi connectivity index (χ2n) is 6.78. The fraction of sp³-hybridized carbons (Fsp3) is 0.600. The molecule has 0 saturated heterocycles. The number of nitrogens with one attached hydrogen (secondary N) is 2. The summed E-state index contributed by atoms with van der Waals surface area (Å²) in [6, 6.07) is 8.15. The molecule has 0 unspecified atom stereocenters. The maximum Gasteiger partial charge on any atom is 0.246 e. The Hall–Kier alpha value is -2.12. The number of hydrogen-bond acceptors (Lipinski definition) is 4. The Morgan fingerprint density at radius 3 is 2.89 bits per heavy atom. The van der Waals surface area contributed by atoms with E-state index in [0.29, 0.717) is 5.96 Å². The molecule has 7 nitrogen and oxygen atoms in total. The lowest BCUT2D eigenvalue weighted by molar-refractivity contribution is -0.117. The number of likely N-dealkylation sites (N-methyl/N-ethyl adjacent to an activating group) is 1. The van der Waals surface area contributed by atoms with Crippen molar-refractivity contribution < 1.29 is 9.53 Å². The van der Waals surface area contributed by atoms with E-state index in [1.165, 1.54) is 5.56 Å². The number of guanidine groups is 1. The number of fused-ring (bicyclic) bond motifs is 1. The number of amides is 1. The van der Waals surface area contributed by atoms with Crippen LogP contribution in [0.1, 0.15) is 18.4 Å². The minimum absolute atomic E-state index is 0.0711. The Morgan fingerprint density at radius 1 is 1.30 bits per heavy atom. The van der Waals surface area contributed by atoms with E-state index in [1.54, 1.807) is 14.2 Å². The number of para-hydroxylation sites is 1. The van der Waals surface area contributed by atoms with E-state index in [4.69, 9.17) is 4.74 Å². The predicted molar refractivity (Wildman–Crippen MR) is 110 cm³/mol. The number of anilines is 1.